The molecule has 2 fully saturated rings. The van der Waals surface area contributed by atoms with Crippen LogP contribution < -0.4 is 14.4 Å². The molecule has 1 aliphatic heterocycles. The molecule has 1 N–H and O–H groups in total. The van der Waals surface area contributed by atoms with Crippen LogP contribution in [-0.4, -0.2) is 60.6 Å². The number of carbonyl (C=O) groups excluding carboxylic acids is 1. The molecule has 8 nitrogen and oxygen atoms in total. The number of rotatable bonds is 5. The van der Waals surface area contributed by atoms with E-state index >= 15 is 0 Å². The Morgan fingerprint density at radius 1 is 1.07 bits per heavy atom. The summed E-state index contributed by atoms with van der Waals surface area (Å²) in [6.45, 7) is 1.62. The summed E-state index contributed by atoms with van der Waals surface area (Å²) in [7, 11) is 2.93. The average molecular weight is 399 g/mol. The molecule has 1 saturated heterocycles. The molecule has 0 bridgehead atoms. The van der Waals surface area contributed by atoms with Crippen molar-refractivity contribution in [3.8, 4) is 11.5 Å². The third kappa shape index (κ3) is 3.98. The number of carbonyl (C=O) groups is 1. The molecule has 4 atom stereocenters. The second kappa shape index (κ2) is 8.24. The Hall–Kier alpha value is -2.87. The number of para-hydroxylation sites is 2. The summed E-state index contributed by atoms with van der Waals surface area (Å²) in [4.78, 5) is 22.2. The number of esters is 1. The summed E-state index contributed by atoms with van der Waals surface area (Å²) < 4.78 is 16.1. The van der Waals surface area contributed by atoms with Crippen molar-refractivity contribution in [2.24, 2.45) is 11.8 Å². The summed E-state index contributed by atoms with van der Waals surface area (Å²) >= 11 is 0. The minimum Gasteiger partial charge on any atom is -0.493 e. The number of nitrogens with zero attached hydrogens (tertiary/aromatic N) is 3. The summed E-state index contributed by atoms with van der Waals surface area (Å²) in [5, 5.41) is 10.7. The van der Waals surface area contributed by atoms with Crippen molar-refractivity contribution in [2.45, 2.75) is 25.0 Å². The zero-order chi connectivity index (χ0) is 20.4. The Morgan fingerprint density at radius 3 is 2.45 bits per heavy atom. The third-order valence-electron chi connectivity index (χ3n) is 5.79. The first-order chi connectivity index (χ1) is 14.1. The first-order valence-electron chi connectivity index (χ1n) is 9.72. The highest BCUT2D eigenvalue weighted by Gasteiger charge is 2.43. The predicted molar refractivity (Wildman–Crippen MR) is 105 cm³/mol. The standard InChI is InChI=1S/C21H25N3O5/c1-27-17-5-3-4-6-18(17)29-19-8-14-12-24(11-13(14)7-16(19)25)20-10-22-15(9-23-20)21(26)28-2/h3-6,9-10,13-14,16,19,25H,7-8,11-12H2,1-2H3/t13-,14+,16+,19+/m0/s1. The van der Waals surface area contributed by atoms with Crippen LogP contribution in [-0.2, 0) is 4.74 Å². The smallest absolute Gasteiger partial charge is 0.358 e. The maximum absolute atomic E-state index is 11.5. The number of aromatic nitrogens is 2. The van der Waals surface area contributed by atoms with Crippen LogP contribution >= 0.6 is 0 Å². The molecule has 2 heterocycles. The van der Waals surface area contributed by atoms with Crippen LogP contribution in [0.25, 0.3) is 0 Å². The monoisotopic (exact) mass is 399 g/mol. The van der Waals surface area contributed by atoms with Crippen molar-refractivity contribution >= 4 is 11.8 Å². The number of benzene rings is 1. The third-order valence-corrected chi connectivity index (χ3v) is 5.79. The van der Waals surface area contributed by atoms with Gasteiger partial charge in [-0.25, -0.2) is 14.8 Å². The van der Waals surface area contributed by atoms with Gasteiger partial charge in [0.15, 0.2) is 17.2 Å². The van der Waals surface area contributed by atoms with Crippen molar-refractivity contribution in [1.82, 2.24) is 9.97 Å². The normalized spacial score (nSPS) is 26.0. The summed E-state index contributed by atoms with van der Waals surface area (Å²) in [5.74, 6) is 2.29. The quantitative estimate of drug-likeness (QED) is 0.763. The molecule has 0 spiro atoms. The summed E-state index contributed by atoms with van der Waals surface area (Å²) in [5.41, 5.74) is 0.188. The molecule has 154 valence electrons. The first-order valence-corrected chi connectivity index (χ1v) is 9.72. The van der Waals surface area contributed by atoms with Crippen LogP contribution in [0.4, 0.5) is 5.82 Å². The van der Waals surface area contributed by atoms with E-state index in [9.17, 15) is 9.90 Å². The highest BCUT2D eigenvalue weighted by Crippen LogP contribution is 2.40. The Bertz CT molecular complexity index is 860. The van der Waals surface area contributed by atoms with Gasteiger partial charge in [0.2, 0.25) is 0 Å². The minimum atomic E-state index is -0.533. The van der Waals surface area contributed by atoms with Crippen molar-refractivity contribution in [2.75, 3.05) is 32.2 Å². The fourth-order valence-electron chi connectivity index (χ4n) is 4.28. The maximum Gasteiger partial charge on any atom is 0.358 e. The first kappa shape index (κ1) is 19.4. The van der Waals surface area contributed by atoms with Gasteiger partial charge in [0, 0.05) is 13.1 Å². The molecule has 8 heteroatoms. The molecule has 2 aliphatic rings. The topological polar surface area (TPSA) is 94.0 Å². The highest BCUT2D eigenvalue weighted by molar-refractivity contribution is 5.86. The fraction of sp³-hybridized carbons (Fsp3) is 0.476. The van der Waals surface area contributed by atoms with Crippen LogP contribution in [0.2, 0.25) is 0 Å². The molecule has 0 unspecified atom stereocenters. The Morgan fingerprint density at radius 2 is 1.79 bits per heavy atom. The molecule has 1 aromatic carbocycles. The molecule has 1 aliphatic carbocycles. The Kier molecular flexibility index (Phi) is 5.53. The molecule has 2 aromatic rings. The van der Waals surface area contributed by atoms with Crippen LogP contribution in [0.15, 0.2) is 36.7 Å². The van der Waals surface area contributed by atoms with Crippen molar-refractivity contribution in [3.05, 3.63) is 42.4 Å². The van der Waals surface area contributed by atoms with Crippen LogP contribution in [0.3, 0.4) is 0 Å². The lowest BCUT2D eigenvalue weighted by Crippen LogP contribution is -2.42. The molecule has 0 amide bonds. The zero-order valence-corrected chi connectivity index (χ0v) is 16.5. The minimum absolute atomic E-state index is 0.188. The number of methoxy groups -OCH3 is 2. The van der Waals surface area contributed by atoms with Crippen molar-refractivity contribution in [1.29, 1.82) is 0 Å². The Labute approximate surface area is 169 Å². The van der Waals surface area contributed by atoms with Gasteiger partial charge in [-0.2, -0.15) is 0 Å². The second-order valence-electron chi connectivity index (χ2n) is 7.52. The van der Waals surface area contributed by atoms with Gasteiger partial charge in [0.25, 0.3) is 0 Å². The van der Waals surface area contributed by atoms with Crippen molar-refractivity contribution < 1.29 is 24.1 Å². The highest BCUT2D eigenvalue weighted by atomic mass is 16.5. The van der Waals surface area contributed by atoms with Gasteiger partial charge in [-0.05, 0) is 36.8 Å². The van der Waals surface area contributed by atoms with Crippen LogP contribution in [0.1, 0.15) is 23.3 Å². The summed E-state index contributed by atoms with van der Waals surface area (Å²) in [6.07, 6.45) is 3.66. The molecule has 0 radical (unpaired) electrons. The molecule has 1 saturated carbocycles. The lowest BCUT2D eigenvalue weighted by molar-refractivity contribution is -0.0240. The molecule has 1 aromatic heterocycles. The number of fused-ring (bicyclic) bond motifs is 1. The Balaban J connectivity index is 1.43. The number of hydrogen-bond acceptors (Lipinski definition) is 8. The lowest BCUT2D eigenvalue weighted by atomic mass is 9.78. The van der Waals surface area contributed by atoms with E-state index in [1.165, 1.54) is 13.3 Å². The van der Waals surface area contributed by atoms with E-state index in [4.69, 9.17) is 9.47 Å². The van der Waals surface area contributed by atoms with E-state index in [-0.39, 0.29) is 11.8 Å². The van der Waals surface area contributed by atoms with Gasteiger partial charge in [-0.3, -0.25) is 0 Å². The van der Waals surface area contributed by atoms with Crippen LogP contribution in [0, 0.1) is 11.8 Å². The van der Waals surface area contributed by atoms with Gasteiger partial charge in [0.05, 0.1) is 32.7 Å². The summed E-state index contributed by atoms with van der Waals surface area (Å²) in [6, 6.07) is 7.49. The van der Waals surface area contributed by atoms with Gasteiger partial charge in [-0.1, -0.05) is 12.1 Å². The molecular formula is C21H25N3O5. The van der Waals surface area contributed by atoms with E-state index in [0.29, 0.717) is 29.8 Å². The molecular weight excluding hydrogens is 374 g/mol. The van der Waals surface area contributed by atoms with E-state index in [1.807, 2.05) is 24.3 Å². The zero-order valence-electron chi connectivity index (χ0n) is 16.5. The van der Waals surface area contributed by atoms with Crippen molar-refractivity contribution in [3.63, 3.8) is 0 Å². The number of hydrogen-bond donors (Lipinski definition) is 1. The van der Waals surface area contributed by atoms with E-state index in [0.717, 1.165) is 25.3 Å². The van der Waals surface area contributed by atoms with E-state index in [1.54, 1.807) is 13.3 Å². The number of anilines is 1. The van der Waals surface area contributed by atoms with E-state index in [2.05, 4.69) is 19.6 Å². The largest absolute Gasteiger partial charge is 0.493 e. The maximum atomic E-state index is 11.5. The fourth-order valence-corrected chi connectivity index (χ4v) is 4.28. The molecule has 4 rings (SSSR count). The number of aliphatic hydroxyl groups is 1. The average Bonchev–Trinajstić information content (AvgIpc) is 3.16. The lowest BCUT2D eigenvalue weighted by Gasteiger charge is -2.35. The SMILES string of the molecule is COC(=O)c1cnc(N2C[C@H]3C[C@@H](Oc4ccccc4OC)[C@H](O)C[C@H]3C2)cn1. The number of aliphatic hydroxyl groups excluding tert-OH is 1. The number of ether oxygens (including phenoxy) is 3. The van der Waals surface area contributed by atoms with Gasteiger partial charge in [-0.15, -0.1) is 0 Å². The van der Waals surface area contributed by atoms with Gasteiger partial charge in [0.1, 0.15) is 11.9 Å². The second-order valence-corrected chi connectivity index (χ2v) is 7.52. The van der Waals surface area contributed by atoms with Gasteiger partial charge < -0.3 is 24.2 Å². The van der Waals surface area contributed by atoms with Gasteiger partial charge >= 0.3 is 5.97 Å². The van der Waals surface area contributed by atoms with E-state index < -0.39 is 12.1 Å². The molecule has 29 heavy (non-hydrogen) atoms. The van der Waals surface area contributed by atoms with Crippen LogP contribution in [0.5, 0.6) is 11.5 Å². The predicted octanol–water partition coefficient (Wildman–Crippen LogP) is 1.93.